The summed E-state index contributed by atoms with van der Waals surface area (Å²) < 4.78 is 1.74. The van der Waals surface area contributed by atoms with Crippen LogP contribution in [0.1, 0.15) is 16.3 Å². The molecule has 0 atom stereocenters. The maximum atomic E-state index is 12.5. The third-order valence-electron chi connectivity index (χ3n) is 3.15. The molecule has 0 aliphatic carbocycles. The van der Waals surface area contributed by atoms with E-state index in [9.17, 15) is 4.79 Å². The number of rotatable bonds is 2. The minimum atomic E-state index is 0.0516. The van der Waals surface area contributed by atoms with Crippen LogP contribution in [0.2, 0.25) is 0 Å². The summed E-state index contributed by atoms with van der Waals surface area (Å²) in [6.07, 6.45) is 0. The molecule has 0 aliphatic heterocycles. The van der Waals surface area contributed by atoms with Gasteiger partial charge in [-0.05, 0) is 25.5 Å². The Morgan fingerprint density at radius 1 is 1.21 bits per heavy atom. The molecule has 0 spiro atoms. The summed E-state index contributed by atoms with van der Waals surface area (Å²) in [5.74, 6) is 0.767. The first-order valence-electron chi connectivity index (χ1n) is 6.16. The van der Waals surface area contributed by atoms with Crippen molar-refractivity contribution in [1.29, 1.82) is 0 Å². The van der Waals surface area contributed by atoms with E-state index < -0.39 is 0 Å². The van der Waals surface area contributed by atoms with E-state index >= 15 is 0 Å². The Balaban J connectivity index is 2.16. The molecule has 19 heavy (non-hydrogen) atoms. The molecule has 3 aromatic rings. The first-order chi connectivity index (χ1) is 9.15. The number of thiophene rings is 1. The van der Waals surface area contributed by atoms with Crippen molar-refractivity contribution in [3.63, 3.8) is 0 Å². The lowest BCUT2D eigenvalue weighted by Crippen LogP contribution is -2.23. The van der Waals surface area contributed by atoms with Crippen LogP contribution in [0.5, 0.6) is 0 Å². The van der Waals surface area contributed by atoms with Gasteiger partial charge >= 0.3 is 0 Å². The zero-order valence-corrected chi connectivity index (χ0v) is 11.7. The summed E-state index contributed by atoms with van der Waals surface area (Å²) >= 11 is 1.57. The third-order valence-corrected chi connectivity index (χ3v) is 4.09. The molecule has 0 N–H and O–H groups in total. The molecule has 0 aliphatic rings. The summed E-state index contributed by atoms with van der Waals surface area (Å²) in [6, 6.07) is 11.9. The molecule has 0 saturated heterocycles. The van der Waals surface area contributed by atoms with E-state index in [2.05, 4.69) is 4.98 Å². The van der Waals surface area contributed by atoms with Crippen LogP contribution in [-0.4, -0.2) is 9.55 Å². The SMILES string of the molecule is Cc1cc2c(=O)n(Cc3ccccc3)c(C)nc2s1. The first kappa shape index (κ1) is 12.1. The Morgan fingerprint density at radius 3 is 2.68 bits per heavy atom. The Kier molecular flexibility index (Phi) is 2.95. The van der Waals surface area contributed by atoms with E-state index in [-0.39, 0.29) is 5.56 Å². The second-order valence-electron chi connectivity index (χ2n) is 4.61. The van der Waals surface area contributed by atoms with Gasteiger partial charge in [0.2, 0.25) is 0 Å². The number of hydrogen-bond acceptors (Lipinski definition) is 3. The van der Waals surface area contributed by atoms with Gasteiger partial charge in [0, 0.05) is 4.88 Å². The normalized spacial score (nSPS) is 11.1. The van der Waals surface area contributed by atoms with Gasteiger partial charge in [-0.1, -0.05) is 30.3 Å². The summed E-state index contributed by atoms with van der Waals surface area (Å²) in [5.41, 5.74) is 1.16. The lowest BCUT2D eigenvalue weighted by atomic mass is 10.2. The highest BCUT2D eigenvalue weighted by molar-refractivity contribution is 7.18. The summed E-state index contributed by atoms with van der Waals surface area (Å²) in [4.78, 5) is 19.0. The maximum Gasteiger partial charge on any atom is 0.262 e. The van der Waals surface area contributed by atoms with Crippen molar-refractivity contribution in [2.75, 3.05) is 0 Å². The molecule has 0 fully saturated rings. The second-order valence-corrected chi connectivity index (χ2v) is 5.85. The molecule has 4 heteroatoms. The van der Waals surface area contributed by atoms with Gasteiger partial charge in [-0.25, -0.2) is 4.98 Å². The largest absolute Gasteiger partial charge is 0.292 e. The fourth-order valence-corrected chi connectivity index (χ4v) is 3.11. The van der Waals surface area contributed by atoms with Gasteiger partial charge in [0.1, 0.15) is 10.7 Å². The molecule has 96 valence electrons. The van der Waals surface area contributed by atoms with E-state index in [1.165, 1.54) is 0 Å². The van der Waals surface area contributed by atoms with Gasteiger partial charge in [-0.2, -0.15) is 0 Å². The van der Waals surface area contributed by atoms with Crippen LogP contribution >= 0.6 is 11.3 Å². The minimum absolute atomic E-state index is 0.0516. The number of aromatic nitrogens is 2. The van der Waals surface area contributed by atoms with Crippen LogP contribution in [0, 0.1) is 13.8 Å². The number of hydrogen-bond donors (Lipinski definition) is 0. The Hall–Kier alpha value is -1.94. The smallest absolute Gasteiger partial charge is 0.262 e. The standard InChI is InChI=1S/C15H14N2OS/c1-10-8-13-14(19-10)16-11(2)17(15(13)18)9-12-6-4-3-5-7-12/h3-8H,9H2,1-2H3. The Labute approximate surface area is 115 Å². The average Bonchev–Trinajstić information content (AvgIpc) is 2.76. The summed E-state index contributed by atoms with van der Waals surface area (Å²) in [6.45, 7) is 4.46. The number of benzene rings is 1. The van der Waals surface area contributed by atoms with Crippen LogP contribution in [0.15, 0.2) is 41.2 Å². The fraction of sp³-hybridized carbons (Fsp3) is 0.200. The molecule has 2 heterocycles. The van der Waals surface area contributed by atoms with Crippen molar-refractivity contribution in [1.82, 2.24) is 9.55 Å². The number of aryl methyl sites for hydroxylation is 2. The van der Waals surface area contributed by atoms with Gasteiger partial charge in [0.15, 0.2) is 0 Å². The monoisotopic (exact) mass is 270 g/mol. The van der Waals surface area contributed by atoms with Gasteiger partial charge in [-0.15, -0.1) is 11.3 Å². The van der Waals surface area contributed by atoms with Crippen LogP contribution in [0.25, 0.3) is 10.2 Å². The van der Waals surface area contributed by atoms with E-state index in [1.54, 1.807) is 15.9 Å². The van der Waals surface area contributed by atoms with Crippen LogP contribution in [-0.2, 0) is 6.54 Å². The van der Waals surface area contributed by atoms with Crippen LogP contribution in [0.4, 0.5) is 0 Å². The Bertz CT molecular complexity index is 787. The molecule has 3 rings (SSSR count). The van der Waals surface area contributed by atoms with Gasteiger partial charge in [0.25, 0.3) is 5.56 Å². The highest BCUT2D eigenvalue weighted by Crippen LogP contribution is 2.20. The molecule has 0 saturated carbocycles. The highest BCUT2D eigenvalue weighted by atomic mass is 32.1. The zero-order chi connectivity index (χ0) is 13.4. The van der Waals surface area contributed by atoms with Crippen molar-refractivity contribution in [2.45, 2.75) is 20.4 Å². The van der Waals surface area contributed by atoms with Crippen molar-refractivity contribution in [3.8, 4) is 0 Å². The number of fused-ring (bicyclic) bond motifs is 1. The van der Waals surface area contributed by atoms with Gasteiger partial charge in [-0.3, -0.25) is 9.36 Å². The highest BCUT2D eigenvalue weighted by Gasteiger charge is 2.10. The zero-order valence-electron chi connectivity index (χ0n) is 10.9. The summed E-state index contributed by atoms with van der Waals surface area (Å²) in [7, 11) is 0. The van der Waals surface area contributed by atoms with Crippen LogP contribution in [0.3, 0.4) is 0 Å². The lowest BCUT2D eigenvalue weighted by Gasteiger charge is -2.09. The van der Waals surface area contributed by atoms with Crippen molar-refractivity contribution in [2.24, 2.45) is 0 Å². The molecule has 1 aromatic carbocycles. The summed E-state index contributed by atoms with van der Waals surface area (Å²) in [5, 5.41) is 0.726. The Morgan fingerprint density at radius 2 is 1.95 bits per heavy atom. The average molecular weight is 270 g/mol. The van der Waals surface area contributed by atoms with E-state index in [0.29, 0.717) is 6.54 Å². The number of nitrogens with zero attached hydrogens (tertiary/aromatic N) is 2. The fourth-order valence-electron chi connectivity index (χ4n) is 2.19. The first-order valence-corrected chi connectivity index (χ1v) is 6.98. The molecule has 0 amide bonds. The predicted molar refractivity (Wildman–Crippen MR) is 78.9 cm³/mol. The van der Waals surface area contributed by atoms with Gasteiger partial charge < -0.3 is 0 Å². The van der Waals surface area contributed by atoms with E-state index in [4.69, 9.17) is 0 Å². The predicted octanol–water partition coefficient (Wildman–Crippen LogP) is 3.12. The molecular weight excluding hydrogens is 256 g/mol. The third kappa shape index (κ3) is 2.19. The molecular formula is C15H14N2OS. The topological polar surface area (TPSA) is 34.9 Å². The molecule has 0 bridgehead atoms. The minimum Gasteiger partial charge on any atom is -0.292 e. The van der Waals surface area contributed by atoms with Crippen molar-refractivity contribution >= 4 is 21.6 Å². The lowest BCUT2D eigenvalue weighted by molar-refractivity contribution is 0.714. The maximum absolute atomic E-state index is 12.5. The quantitative estimate of drug-likeness (QED) is 0.717. The van der Waals surface area contributed by atoms with E-state index in [1.807, 2.05) is 50.2 Å². The van der Waals surface area contributed by atoms with Crippen molar-refractivity contribution < 1.29 is 0 Å². The van der Waals surface area contributed by atoms with E-state index in [0.717, 1.165) is 26.5 Å². The molecule has 2 aromatic heterocycles. The molecule has 3 nitrogen and oxygen atoms in total. The second kappa shape index (κ2) is 4.63. The molecule has 0 radical (unpaired) electrons. The van der Waals surface area contributed by atoms with Crippen LogP contribution < -0.4 is 5.56 Å². The van der Waals surface area contributed by atoms with Gasteiger partial charge in [0.05, 0.1) is 11.9 Å². The van der Waals surface area contributed by atoms with Crippen molar-refractivity contribution in [3.05, 3.63) is 63.0 Å². The molecule has 0 unspecified atom stereocenters.